The average Bonchev–Trinajstić information content (AvgIpc) is 3.49. The quantitative estimate of drug-likeness (QED) is 0.146. The van der Waals surface area contributed by atoms with Crippen LogP contribution >= 0.6 is 0 Å². The van der Waals surface area contributed by atoms with E-state index in [1.165, 1.54) is 68.8 Å². The van der Waals surface area contributed by atoms with Crippen molar-refractivity contribution < 1.29 is 53.2 Å². The topological polar surface area (TPSA) is 161 Å². The summed E-state index contributed by atoms with van der Waals surface area (Å²) in [6.07, 6.45) is -3.42. The highest BCUT2D eigenvalue weighted by Gasteiger charge is 2.32. The molecule has 18 heteroatoms. The number of carbonyl (C=O) groups excluding carboxylic acids is 1. The molecule has 2 heterocycles. The zero-order valence-electron chi connectivity index (χ0n) is 27.2. The number of aromatic nitrogens is 3. The number of methoxy groups -OCH3 is 1. The summed E-state index contributed by atoms with van der Waals surface area (Å²) >= 11 is 0. The first kappa shape index (κ1) is 37.4. The molecule has 0 bridgehead atoms. The molecule has 270 valence electrons. The number of pyridine rings is 1. The van der Waals surface area contributed by atoms with E-state index in [-0.39, 0.29) is 44.2 Å². The number of rotatable bonds is 13. The van der Waals surface area contributed by atoms with E-state index in [2.05, 4.69) is 9.97 Å². The normalized spacial score (nSPS) is 12.8. The summed E-state index contributed by atoms with van der Waals surface area (Å²) in [5, 5.41) is -0.435. The average molecular weight is 766 g/mol. The van der Waals surface area contributed by atoms with E-state index >= 15 is 0 Å². The van der Waals surface area contributed by atoms with Crippen molar-refractivity contribution in [3.63, 3.8) is 0 Å². The van der Waals surface area contributed by atoms with Gasteiger partial charge >= 0.3 is 12.1 Å². The Kier molecular flexibility index (Phi) is 10.9. The molecule has 51 heavy (non-hydrogen) atoms. The van der Waals surface area contributed by atoms with Crippen LogP contribution in [0.25, 0.3) is 11.0 Å². The molecule has 0 aliphatic carbocycles. The van der Waals surface area contributed by atoms with Gasteiger partial charge < -0.3 is 14.2 Å². The van der Waals surface area contributed by atoms with Crippen LogP contribution in [-0.4, -0.2) is 73.2 Å². The van der Waals surface area contributed by atoms with Gasteiger partial charge in [-0.15, -0.1) is 0 Å². The molecule has 0 aliphatic heterocycles. The first-order valence-electron chi connectivity index (χ1n) is 14.9. The second-order valence-corrected chi connectivity index (χ2v) is 16.3. The van der Waals surface area contributed by atoms with Gasteiger partial charge in [0.15, 0.2) is 16.4 Å². The lowest BCUT2D eigenvalue weighted by Gasteiger charge is -2.15. The third-order valence-electron chi connectivity index (χ3n) is 7.49. The summed E-state index contributed by atoms with van der Waals surface area (Å²) in [6.45, 7) is 1.15. The van der Waals surface area contributed by atoms with Crippen molar-refractivity contribution in [1.82, 2.24) is 13.9 Å². The minimum Gasteiger partial charge on any atom is -0.495 e. The molecule has 0 aliphatic rings. The second kappa shape index (κ2) is 14.8. The summed E-state index contributed by atoms with van der Waals surface area (Å²) < 4.78 is 123. The van der Waals surface area contributed by atoms with Crippen molar-refractivity contribution >= 4 is 47.7 Å². The van der Waals surface area contributed by atoms with Crippen molar-refractivity contribution in [1.29, 1.82) is 0 Å². The summed E-state index contributed by atoms with van der Waals surface area (Å²) in [7, 11) is -9.58. The van der Waals surface area contributed by atoms with Gasteiger partial charge in [0, 0.05) is 11.8 Å². The molecule has 1 atom stereocenters. The number of ether oxygens (including phenoxy) is 3. The lowest BCUT2D eigenvalue weighted by atomic mass is 10.2. The second-order valence-electron chi connectivity index (χ2n) is 11.1. The highest BCUT2D eigenvalue weighted by atomic mass is 32.2. The maximum Gasteiger partial charge on any atom is 0.422 e. The fourth-order valence-electron chi connectivity index (χ4n) is 4.86. The van der Waals surface area contributed by atoms with Crippen LogP contribution in [-0.2, 0) is 41.1 Å². The van der Waals surface area contributed by atoms with Crippen LogP contribution in [0.2, 0.25) is 0 Å². The predicted molar refractivity (Wildman–Crippen MR) is 179 cm³/mol. The van der Waals surface area contributed by atoms with Crippen LogP contribution in [0, 0.1) is 13.8 Å². The Bertz CT molecular complexity index is 2340. The van der Waals surface area contributed by atoms with Gasteiger partial charge in [-0.05, 0) is 62.4 Å². The number of alkyl halides is 3. The highest BCUT2D eigenvalue weighted by Crippen LogP contribution is 2.33. The fourth-order valence-corrected chi connectivity index (χ4v) is 9.18. The minimum absolute atomic E-state index is 0.0316. The van der Waals surface area contributed by atoms with E-state index in [1.807, 2.05) is 0 Å². The summed E-state index contributed by atoms with van der Waals surface area (Å²) in [5.74, 6) is -2.30. The third-order valence-corrected chi connectivity index (χ3v) is 12.2. The van der Waals surface area contributed by atoms with Gasteiger partial charge in [0.1, 0.15) is 23.0 Å². The van der Waals surface area contributed by atoms with Crippen molar-refractivity contribution in [3.8, 4) is 11.5 Å². The molecule has 5 rings (SSSR count). The zero-order valence-corrected chi connectivity index (χ0v) is 29.7. The Morgan fingerprint density at radius 1 is 0.941 bits per heavy atom. The Balaban J connectivity index is 1.46. The number of hydrogen-bond acceptors (Lipinski definition) is 11. The van der Waals surface area contributed by atoms with E-state index in [9.17, 15) is 39.0 Å². The van der Waals surface area contributed by atoms with Gasteiger partial charge in [0.25, 0.3) is 10.0 Å². The first-order chi connectivity index (χ1) is 24.0. The molecule has 12 nitrogen and oxygen atoms in total. The lowest BCUT2D eigenvalue weighted by molar-refractivity contribution is -0.153. The minimum atomic E-state index is -4.75. The number of benzene rings is 3. The van der Waals surface area contributed by atoms with Crippen LogP contribution in [0.15, 0.2) is 93.9 Å². The number of para-hydroxylation sites is 2. The van der Waals surface area contributed by atoms with Crippen molar-refractivity contribution in [2.45, 2.75) is 40.7 Å². The fraction of sp³-hybridized carbons (Fsp3) is 0.242. The zero-order chi connectivity index (χ0) is 37.1. The molecule has 0 fully saturated rings. The van der Waals surface area contributed by atoms with Gasteiger partial charge in [-0.25, -0.2) is 30.6 Å². The SMILES string of the molecule is COc1ccc(C(=O)OCCS(=O)(=O)c2ccc(C)cc2)cc1S(=O)(=O)n1c(S(=O)Cc2nccc(OCC(F)(F)F)c2C)nc2ccccc21. The van der Waals surface area contributed by atoms with Crippen LogP contribution in [0.3, 0.4) is 0 Å². The Labute approximate surface area is 293 Å². The number of fused-ring (bicyclic) bond motifs is 1. The Morgan fingerprint density at radius 3 is 2.33 bits per heavy atom. The third kappa shape index (κ3) is 8.40. The Morgan fingerprint density at radius 2 is 1.65 bits per heavy atom. The molecule has 0 amide bonds. The van der Waals surface area contributed by atoms with Crippen molar-refractivity contribution in [2.75, 3.05) is 26.1 Å². The molecule has 5 aromatic rings. The molecular formula is C33H30F3N3O9S3. The van der Waals surface area contributed by atoms with E-state index in [0.717, 1.165) is 15.6 Å². The summed E-state index contributed by atoms with van der Waals surface area (Å²) in [6, 6.07) is 16.8. The monoisotopic (exact) mass is 765 g/mol. The van der Waals surface area contributed by atoms with E-state index in [0.29, 0.717) is 0 Å². The number of halogens is 3. The number of imidazole rings is 1. The van der Waals surface area contributed by atoms with E-state index < -0.39 is 77.6 Å². The molecule has 0 radical (unpaired) electrons. The highest BCUT2D eigenvalue weighted by molar-refractivity contribution is 7.91. The van der Waals surface area contributed by atoms with Crippen molar-refractivity contribution in [3.05, 3.63) is 101 Å². The smallest absolute Gasteiger partial charge is 0.422 e. The standard InChI is InChI=1S/C33H30F3N3O9S3/c1-21-8-11-24(12-9-21)50(42,43)17-16-47-31(40)23-10-13-29(46-3)30(18-23)51(44,45)39-27-7-5-4-6-25(27)38-32(39)49(41)19-26-22(2)28(14-15-37-26)48-20-33(34,35)36/h4-15,18H,16-17,19-20H2,1-3H3. The van der Waals surface area contributed by atoms with Crippen LogP contribution < -0.4 is 9.47 Å². The molecule has 0 saturated carbocycles. The van der Waals surface area contributed by atoms with E-state index in [4.69, 9.17) is 14.2 Å². The lowest BCUT2D eigenvalue weighted by Crippen LogP contribution is -2.20. The first-order valence-corrected chi connectivity index (χ1v) is 19.3. The molecule has 0 spiro atoms. The maximum absolute atomic E-state index is 14.4. The Hall–Kier alpha value is -4.81. The van der Waals surface area contributed by atoms with Gasteiger partial charge in [0.2, 0.25) is 5.16 Å². The maximum atomic E-state index is 14.4. The number of nitrogens with zero attached hydrogens (tertiary/aromatic N) is 3. The molecule has 1 unspecified atom stereocenters. The van der Waals surface area contributed by atoms with Gasteiger partial charge in [-0.1, -0.05) is 29.8 Å². The molecule has 0 N–H and O–H groups in total. The number of carbonyl (C=O) groups is 1. The number of esters is 1. The molecule has 3 aromatic carbocycles. The van der Waals surface area contributed by atoms with E-state index in [1.54, 1.807) is 25.1 Å². The van der Waals surface area contributed by atoms with Gasteiger partial charge in [-0.3, -0.25) is 9.19 Å². The largest absolute Gasteiger partial charge is 0.495 e. The van der Waals surface area contributed by atoms with Crippen LogP contribution in [0.5, 0.6) is 11.5 Å². The molecule has 2 aromatic heterocycles. The molecular weight excluding hydrogens is 736 g/mol. The number of aryl methyl sites for hydroxylation is 1. The predicted octanol–water partition coefficient (Wildman–Crippen LogP) is 5.17. The number of hydrogen-bond donors (Lipinski definition) is 0. The van der Waals surface area contributed by atoms with Crippen LogP contribution in [0.1, 0.15) is 27.2 Å². The van der Waals surface area contributed by atoms with Crippen LogP contribution in [0.4, 0.5) is 13.2 Å². The van der Waals surface area contributed by atoms with Gasteiger partial charge in [-0.2, -0.15) is 13.2 Å². The summed E-state index contributed by atoms with van der Waals surface area (Å²) in [4.78, 5) is 21.0. The van der Waals surface area contributed by atoms with Crippen molar-refractivity contribution in [2.24, 2.45) is 0 Å². The van der Waals surface area contributed by atoms with Gasteiger partial charge in [0.05, 0.1) is 56.6 Å². The summed E-state index contributed by atoms with van der Waals surface area (Å²) in [5.41, 5.74) is 1.05. The number of sulfone groups is 1. The molecule has 0 saturated heterocycles.